The fourth-order valence-electron chi connectivity index (χ4n) is 3.54. The zero-order chi connectivity index (χ0) is 19.1. The standard InChI is InChI=1S/C22H18ClNO2S/c1-13-14(2)27-22-21(15-6-4-3-5-7-15)20(16-8-10-17(23)11-9-16)18(24(13)22)12-19(25)26/h3-11H,12H2,1-2H3,(H,25,26). The fraction of sp³-hybridized carbons (Fsp3) is 0.136. The van der Waals surface area contributed by atoms with Crippen LogP contribution in [0.3, 0.4) is 0 Å². The molecular weight excluding hydrogens is 378 g/mol. The van der Waals surface area contributed by atoms with E-state index in [-0.39, 0.29) is 6.42 Å². The van der Waals surface area contributed by atoms with E-state index < -0.39 is 5.97 Å². The number of halogens is 1. The first kappa shape index (κ1) is 17.8. The van der Waals surface area contributed by atoms with Gasteiger partial charge in [-0.1, -0.05) is 54.1 Å². The Morgan fingerprint density at radius 1 is 1.00 bits per heavy atom. The van der Waals surface area contributed by atoms with Gasteiger partial charge in [0.05, 0.1) is 6.42 Å². The van der Waals surface area contributed by atoms with Gasteiger partial charge in [-0.25, -0.2) is 0 Å². The topological polar surface area (TPSA) is 41.7 Å². The number of aromatic nitrogens is 1. The zero-order valence-corrected chi connectivity index (χ0v) is 16.6. The summed E-state index contributed by atoms with van der Waals surface area (Å²) in [5, 5.41) is 10.2. The van der Waals surface area contributed by atoms with Crippen LogP contribution in [0, 0.1) is 13.8 Å². The van der Waals surface area contributed by atoms with Crippen LogP contribution in [-0.2, 0) is 11.2 Å². The Labute approximate surface area is 166 Å². The van der Waals surface area contributed by atoms with Crippen LogP contribution in [0.1, 0.15) is 16.3 Å². The fourth-order valence-corrected chi connectivity index (χ4v) is 4.85. The monoisotopic (exact) mass is 395 g/mol. The Morgan fingerprint density at radius 2 is 1.63 bits per heavy atom. The number of rotatable bonds is 4. The van der Waals surface area contributed by atoms with Gasteiger partial charge in [-0.2, -0.15) is 0 Å². The lowest BCUT2D eigenvalue weighted by Gasteiger charge is -2.09. The number of carboxylic acids is 1. The molecule has 0 amide bonds. The molecule has 3 nitrogen and oxygen atoms in total. The minimum Gasteiger partial charge on any atom is -0.481 e. The summed E-state index contributed by atoms with van der Waals surface area (Å²) in [6.07, 6.45) is -0.0387. The Kier molecular flexibility index (Phi) is 4.54. The zero-order valence-electron chi connectivity index (χ0n) is 15.0. The molecule has 4 aromatic rings. The Bertz CT molecular complexity index is 1140. The summed E-state index contributed by atoms with van der Waals surface area (Å²) in [7, 11) is 0. The van der Waals surface area contributed by atoms with Crippen LogP contribution in [0.15, 0.2) is 54.6 Å². The van der Waals surface area contributed by atoms with Crippen LogP contribution in [0.2, 0.25) is 5.02 Å². The minimum absolute atomic E-state index is 0.0387. The van der Waals surface area contributed by atoms with Gasteiger partial charge in [-0.05, 0) is 37.1 Å². The molecule has 0 saturated carbocycles. The summed E-state index contributed by atoms with van der Waals surface area (Å²) in [4.78, 5) is 14.0. The first-order valence-electron chi connectivity index (χ1n) is 8.63. The quantitative estimate of drug-likeness (QED) is 0.444. The third kappa shape index (κ3) is 3.05. The number of carbonyl (C=O) groups is 1. The van der Waals surface area contributed by atoms with Crippen molar-refractivity contribution in [3.63, 3.8) is 0 Å². The van der Waals surface area contributed by atoms with Crippen LogP contribution in [0.4, 0.5) is 0 Å². The van der Waals surface area contributed by atoms with Gasteiger partial charge in [0.2, 0.25) is 0 Å². The summed E-state index contributed by atoms with van der Waals surface area (Å²) in [6.45, 7) is 4.12. The summed E-state index contributed by atoms with van der Waals surface area (Å²) in [5.74, 6) is -0.840. The van der Waals surface area contributed by atoms with Crippen molar-refractivity contribution in [3.05, 3.63) is 75.9 Å². The van der Waals surface area contributed by atoms with E-state index in [1.807, 2.05) is 49.4 Å². The molecule has 0 radical (unpaired) electrons. The van der Waals surface area contributed by atoms with Crippen molar-refractivity contribution < 1.29 is 9.90 Å². The number of thiazole rings is 1. The molecule has 0 aliphatic heterocycles. The second-order valence-corrected chi connectivity index (χ2v) is 8.16. The maximum atomic E-state index is 11.7. The van der Waals surface area contributed by atoms with E-state index in [1.165, 1.54) is 4.88 Å². The second-order valence-electron chi connectivity index (χ2n) is 6.52. The van der Waals surface area contributed by atoms with E-state index in [4.69, 9.17) is 11.6 Å². The normalized spacial score (nSPS) is 11.2. The molecule has 4 rings (SSSR count). The molecule has 27 heavy (non-hydrogen) atoms. The number of nitrogens with zero attached hydrogens (tertiary/aromatic N) is 1. The predicted octanol–water partition coefficient (Wildman–Crippen LogP) is 6.23. The van der Waals surface area contributed by atoms with E-state index in [1.54, 1.807) is 11.3 Å². The van der Waals surface area contributed by atoms with Crippen LogP contribution >= 0.6 is 22.9 Å². The second kappa shape index (κ2) is 6.87. The average molecular weight is 396 g/mol. The lowest BCUT2D eigenvalue weighted by molar-refractivity contribution is -0.136. The van der Waals surface area contributed by atoms with Crippen molar-refractivity contribution in [3.8, 4) is 22.3 Å². The molecule has 0 bridgehead atoms. The van der Waals surface area contributed by atoms with E-state index >= 15 is 0 Å². The largest absolute Gasteiger partial charge is 0.481 e. The highest BCUT2D eigenvalue weighted by Gasteiger charge is 2.25. The van der Waals surface area contributed by atoms with Crippen LogP contribution in [-0.4, -0.2) is 15.5 Å². The highest BCUT2D eigenvalue weighted by Crippen LogP contribution is 2.44. The maximum absolute atomic E-state index is 11.7. The molecular formula is C22H18ClNO2S. The lowest BCUT2D eigenvalue weighted by Crippen LogP contribution is -2.05. The van der Waals surface area contributed by atoms with Gasteiger partial charge in [-0.3, -0.25) is 4.79 Å². The van der Waals surface area contributed by atoms with E-state index in [9.17, 15) is 9.90 Å². The first-order valence-corrected chi connectivity index (χ1v) is 9.83. The van der Waals surface area contributed by atoms with Crippen LogP contribution in [0.25, 0.3) is 27.1 Å². The molecule has 0 atom stereocenters. The van der Waals surface area contributed by atoms with Crippen molar-refractivity contribution in [2.45, 2.75) is 20.3 Å². The summed E-state index contributed by atoms with van der Waals surface area (Å²) in [5.41, 5.74) is 5.99. The number of hydrogen-bond donors (Lipinski definition) is 1. The molecule has 0 unspecified atom stereocenters. The SMILES string of the molecule is Cc1sc2c(-c3ccccc3)c(-c3ccc(Cl)cc3)c(CC(=O)O)n2c1C. The first-order chi connectivity index (χ1) is 13.0. The number of carboxylic acid groups (broad SMARTS) is 1. The van der Waals surface area contributed by atoms with Crippen molar-refractivity contribution in [2.75, 3.05) is 0 Å². The minimum atomic E-state index is -0.840. The van der Waals surface area contributed by atoms with Gasteiger partial charge in [-0.15, -0.1) is 11.3 Å². The van der Waals surface area contributed by atoms with Crippen molar-refractivity contribution in [1.29, 1.82) is 0 Å². The molecule has 0 fully saturated rings. The molecule has 136 valence electrons. The smallest absolute Gasteiger partial charge is 0.309 e. The van der Waals surface area contributed by atoms with E-state index in [0.29, 0.717) is 5.02 Å². The highest BCUT2D eigenvalue weighted by molar-refractivity contribution is 7.18. The van der Waals surface area contributed by atoms with Gasteiger partial charge >= 0.3 is 5.97 Å². The summed E-state index contributed by atoms with van der Waals surface area (Å²) < 4.78 is 2.11. The third-order valence-electron chi connectivity index (χ3n) is 4.83. The number of hydrogen-bond acceptors (Lipinski definition) is 2. The highest BCUT2D eigenvalue weighted by atomic mass is 35.5. The number of benzene rings is 2. The Balaban J connectivity index is 2.15. The number of aliphatic carboxylic acids is 1. The lowest BCUT2D eigenvalue weighted by atomic mass is 9.96. The molecule has 0 aliphatic rings. The van der Waals surface area contributed by atoms with Gasteiger partial charge in [0.1, 0.15) is 4.83 Å². The summed E-state index contributed by atoms with van der Waals surface area (Å²) in [6, 6.07) is 17.8. The van der Waals surface area contributed by atoms with Crippen LogP contribution < -0.4 is 0 Å². The van der Waals surface area contributed by atoms with Crippen molar-refractivity contribution in [1.82, 2.24) is 4.40 Å². The van der Waals surface area contributed by atoms with Crippen molar-refractivity contribution in [2.24, 2.45) is 0 Å². The third-order valence-corrected chi connectivity index (χ3v) is 6.27. The van der Waals surface area contributed by atoms with Crippen molar-refractivity contribution >= 4 is 33.7 Å². The van der Waals surface area contributed by atoms with Gasteiger partial charge < -0.3 is 9.51 Å². The molecule has 2 aromatic carbocycles. The number of aryl methyl sites for hydroxylation is 2. The van der Waals surface area contributed by atoms with Gasteiger partial charge in [0.25, 0.3) is 0 Å². The predicted molar refractivity (Wildman–Crippen MR) is 112 cm³/mol. The molecule has 1 N–H and O–H groups in total. The Morgan fingerprint density at radius 3 is 2.26 bits per heavy atom. The van der Waals surface area contributed by atoms with Gasteiger partial charge in [0, 0.05) is 32.4 Å². The van der Waals surface area contributed by atoms with Crippen LogP contribution in [0.5, 0.6) is 0 Å². The van der Waals surface area contributed by atoms with E-state index in [0.717, 1.165) is 38.5 Å². The van der Waals surface area contributed by atoms with E-state index in [2.05, 4.69) is 23.5 Å². The summed E-state index contributed by atoms with van der Waals surface area (Å²) >= 11 is 7.79. The molecule has 0 saturated heterocycles. The molecule has 5 heteroatoms. The number of fused-ring (bicyclic) bond motifs is 1. The van der Waals surface area contributed by atoms with Gasteiger partial charge in [0.15, 0.2) is 0 Å². The molecule has 0 spiro atoms. The average Bonchev–Trinajstić information content (AvgIpc) is 3.10. The molecule has 2 heterocycles. The maximum Gasteiger partial charge on any atom is 0.309 e. The molecule has 2 aromatic heterocycles. The Hall–Kier alpha value is -2.56. The molecule has 0 aliphatic carbocycles.